The van der Waals surface area contributed by atoms with Crippen molar-refractivity contribution in [3.63, 3.8) is 0 Å². The molecular formula is C47H70N2O14P2. The first-order valence-corrected chi connectivity index (χ1v) is 26.5. The Morgan fingerprint density at radius 3 is 1.54 bits per heavy atom. The molecule has 2 aromatic carbocycles. The zero-order valence-electron chi connectivity index (χ0n) is 38.2. The Bertz CT molecular complexity index is 1970. The van der Waals surface area contributed by atoms with Crippen LogP contribution in [0, 0.1) is 0 Å². The average Bonchev–Trinajstić information content (AvgIpc) is 3.75. The smallest absolute Gasteiger partial charge is 0.427 e. The van der Waals surface area contributed by atoms with Crippen LogP contribution in [0.3, 0.4) is 0 Å². The second-order valence-corrected chi connectivity index (χ2v) is 19.8. The quantitative estimate of drug-likeness (QED) is 0.0247. The maximum Gasteiger partial charge on any atom is 0.484 e. The molecule has 0 saturated carbocycles. The number of nitrogens with one attached hydrogen (secondary N) is 1. The third kappa shape index (κ3) is 22.1. The molecule has 18 heteroatoms. The molecular weight excluding hydrogens is 878 g/mol. The van der Waals surface area contributed by atoms with Gasteiger partial charge in [0.1, 0.15) is 17.7 Å². The van der Waals surface area contributed by atoms with Crippen molar-refractivity contribution >= 4 is 27.6 Å². The first-order chi connectivity index (χ1) is 31.4. The highest BCUT2D eigenvalue weighted by molar-refractivity contribution is 7.61. The van der Waals surface area contributed by atoms with Crippen molar-refractivity contribution in [1.29, 1.82) is 0 Å². The Labute approximate surface area is 383 Å². The maximum absolute atomic E-state index is 14.0. The normalized spacial score (nSPS) is 16.0. The van der Waals surface area contributed by atoms with Gasteiger partial charge in [-0.3, -0.25) is 37.5 Å². The summed E-state index contributed by atoms with van der Waals surface area (Å²) in [7, 11) is -9.99. The predicted octanol–water partition coefficient (Wildman–Crippen LogP) is 11.5. The van der Waals surface area contributed by atoms with Crippen molar-refractivity contribution < 1.29 is 55.7 Å². The predicted molar refractivity (Wildman–Crippen MR) is 246 cm³/mol. The van der Waals surface area contributed by atoms with Gasteiger partial charge in [-0.25, -0.2) is 13.9 Å². The molecule has 0 spiro atoms. The van der Waals surface area contributed by atoms with Crippen molar-refractivity contribution in [3.8, 4) is 11.5 Å². The summed E-state index contributed by atoms with van der Waals surface area (Å²) >= 11 is 0. The summed E-state index contributed by atoms with van der Waals surface area (Å²) < 4.78 is 66.6. The van der Waals surface area contributed by atoms with E-state index in [-0.39, 0.29) is 25.2 Å². The van der Waals surface area contributed by atoms with Gasteiger partial charge in [0.05, 0.1) is 25.9 Å². The molecule has 16 nitrogen and oxygen atoms in total. The van der Waals surface area contributed by atoms with E-state index in [9.17, 15) is 33.2 Å². The van der Waals surface area contributed by atoms with Crippen LogP contribution in [0.15, 0.2) is 70.4 Å². The van der Waals surface area contributed by atoms with E-state index in [1.54, 1.807) is 48.5 Å². The van der Waals surface area contributed by atoms with Crippen molar-refractivity contribution in [2.75, 3.05) is 6.61 Å². The van der Waals surface area contributed by atoms with E-state index >= 15 is 0 Å². The number of benzene rings is 2. The molecule has 2 N–H and O–H groups in total. The minimum Gasteiger partial charge on any atom is -0.427 e. The minimum absolute atomic E-state index is 0.303. The minimum atomic E-state index is -5.13. The zero-order valence-corrected chi connectivity index (χ0v) is 40.0. The molecule has 4 rings (SSSR count). The Morgan fingerprint density at radius 2 is 1.09 bits per heavy atom. The number of ether oxygens (including phenoxy) is 3. The number of unbranched alkanes of at least 4 members (excludes halogenated alkanes) is 16. The summed E-state index contributed by atoms with van der Waals surface area (Å²) in [5.74, 6) is -0.0480. The number of aromatic nitrogens is 2. The standard InChI is InChI=1S/C47H70N2O14P2/c1-3-5-7-9-11-13-15-17-19-21-45(51)61-40-27-23-38(24-28-40)35-58-65(56,63-64(54,55)57-37-42-31-32-44(60-42)49-34-33-43(50)48-47(49)53)59-36-39-25-29-41(30-26-39)62-46(52)22-20-18-16-14-12-10-8-6-4-2/h23-30,33-34,42,44H,3-22,31-32,35-37H2,1-2H3,(H,54,55)(H,48,50,53)/t42-,44+/m0/s1. The molecule has 3 aromatic rings. The fourth-order valence-electron chi connectivity index (χ4n) is 7.22. The van der Waals surface area contributed by atoms with E-state index in [0.717, 1.165) is 38.5 Å². The van der Waals surface area contributed by atoms with E-state index in [4.69, 9.17) is 32.1 Å². The SMILES string of the molecule is CCCCCCCCCCCC(=O)Oc1ccc(COP(=O)(OCc2ccc(OC(=O)CCCCCCCCCCC)cc2)OP(=O)(O)OC[C@@H]2CC[C@H](n3ccc(=O)[nH]c3=O)O2)cc1. The van der Waals surface area contributed by atoms with Crippen LogP contribution in [0.4, 0.5) is 0 Å². The average molecular weight is 949 g/mol. The molecule has 3 atom stereocenters. The number of phosphoric ester groups is 2. The number of rotatable bonds is 34. The first-order valence-electron chi connectivity index (χ1n) is 23.5. The number of carbonyl (C=O) groups excluding carboxylic acids is 2. The summed E-state index contributed by atoms with van der Waals surface area (Å²) in [5, 5.41) is 0. The maximum atomic E-state index is 14.0. The fraction of sp³-hybridized carbons (Fsp3) is 0.617. The molecule has 0 amide bonds. The molecule has 1 unspecified atom stereocenters. The fourth-order valence-corrected chi connectivity index (χ4v) is 9.84. The van der Waals surface area contributed by atoms with Crippen LogP contribution < -0.4 is 20.7 Å². The lowest BCUT2D eigenvalue weighted by molar-refractivity contribution is -0.135. The van der Waals surface area contributed by atoms with Gasteiger partial charge in [-0.15, -0.1) is 0 Å². The Morgan fingerprint density at radius 1 is 0.646 bits per heavy atom. The van der Waals surface area contributed by atoms with Gasteiger partial charge in [0, 0.05) is 25.1 Å². The third-order valence-electron chi connectivity index (χ3n) is 10.9. The Kier molecular flexibility index (Phi) is 24.7. The van der Waals surface area contributed by atoms with Gasteiger partial charge in [-0.05, 0) is 61.1 Å². The largest absolute Gasteiger partial charge is 0.484 e. The van der Waals surface area contributed by atoms with Crippen molar-refractivity contribution in [2.45, 2.75) is 181 Å². The molecule has 0 bridgehead atoms. The number of aromatic amines is 1. The molecule has 0 radical (unpaired) electrons. The summed E-state index contributed by atoms with van der Waals surface area (Å²) in [6.07, 6.45) is 21.5. The highest BCUT2D eigenvalue weighted by Crippen LogP contribution is 2.64. The van der Waals surface area contributed by atoms with Crippen molar-refractivity contribution in [1.82, 2.24) is 9.55 Å². The molecule has 1 aliphatic heterocycles. The van der Waals surface area contributed by atoms with Gasteiger partial charge >= 0.3 is 33.3 Å². The lowest BCUT2D eigenvalue weighted by Gasteiger charge is -2.21. The topological polar surface area (TPSA) is 208 Å². The molecule has 0 aliphatic carbocycles. The number of phosphoric acid groups is 2. The summed E-state index contributed by atoms with van der Waals surface area (Å²) in [5.41, 5.74) is -0.316. The zero-order chi connectivity index (χ0) is 46.8. The number of esters is 2. The summed E-state index contributed by atoms with van der Waals surface area (Å²) in [6, 6.07) is 13.7. The second kappa shape index (κ2) is 29.8. The molecule has 65 heavy (non-hydrogen) atoms. The number of nitrogens with zero attached hydrogens (tertiary/aromatic N) is 1. The van der Waals surface area contributed by atoms with Crippen LogP contribution in [0.25, 0.3) is 0 Å². The monoisotopic (exact) mass is 948 g/mol. The Hall–Kier alpha value is -3.72. The van der Waals surface area contributed by atoms with Crippen LogP contribution in [0.1, 0.15) is 172 Å². The number of H-pyrrole nitrogens is 1. The van der Waals surface area contributed by atoms with Gasteiger partial charge < -0.3 is 19.1 Å². The van der Waals surface area contributed by atoms with Crippen LogP contribution in [0.2, 0.25) is 0 Å². The van der Waals surface area contributed by atoms with Gasteiger partial charge in [-0.2, -0.15) is 4.31 Å². The van der Waals surface area contributed by atoms with Crippen LogP contribution in [-0.4, -0.2) is 39.1 Å². The second-order valence-electron chi connectivity index (χ2n) is 16.5. The molecule has 1 fully saturated rings. The molecule has 2 heterocycles. The van der Waals surface area contributed by atoms with E-state index in [1.807, 2.05) is 0 Å². The summed E-state index contributed by atoms with van der Waals surface area (Å²) in [6.45, 7) is 3.15. The highest BCUT2D eigenvalue weighted by Gasteiger charge is 2.40. The molecule has 362 valence electrons. The number of hydrogen-bond acceptors (Lipinski definition) is 13. The van der Waals surface area contributed by atoms with Crippen LogP contribution in [0.5, 0.6) is 11.5 Å². The van der Waals surface area contributed by atoms with Crippen LogP contribution >= 0.6 is 15.6 Å². The Balaban J connectivity index is 1.29. The van der Waals surface area contributed by atoms with E-state index < -0.39 is 45.8 Å². The van der Waals surface area contributed by atoms with Crippen molar-refractivity contribution in [2.24, 2.45) is 0 Å². The third-order valence-corrected chi connectivity index (χ3v) is 13.9. The molecule has 1 aliphatic rings. The number of hydrogen-bond donors (Lipinski definition) is 2. The molecule has 1 aromatic heterocycles. The van der Waals surface area contributed by atoms with E-state index in [0.29, 0.717) is 48.3 Å². The lowest BCUT2D eigenvalue weighted by atomic mass is 10.1. The summed E-state index contributed by atoms with van der Waals surface area (Å²) in [4.78, 5) is 61.5. The van der Waals surface area contributed by atoms with Gasteiger partial charge in [0.2, 0.25) is 0 Å². The van der Waals surface area contributed by atoms with Gasteiger partial charge in [0.25, 0.3) is 5.56 Å². The van der Waals surface area contributed by atoms with Crippen molar-refractivity contribution in [3.05, 3.63) is 92.8 Å². The van der Waals surface area contributed by atoms with E-state index in [2.05, 4.69) is 18.8 Å². The van der Waals surface area contributed by atoms with Gasteiger partial charge in [-0.1, -0.05) is 141 Å². The first kappa shape index (κ1) is 53.9. The highest BCUT2D eigenvalue weighted by atomic mass is 31.3. The van der Waals surface area contributed by atoms with E-state index in [1.165, 1.54) is 93.9 Å². The number of carbonyl (C=O) groups is 2. The van der Waals surface area contributed by atoms with Gasteiger partial charge in [0.15, 0.2) is 0 Å². The van der Waals surface area contributed by atoms with Crippen LogP contribution in [-0.2, 0) is 54.6 Å². The lowest BCUT2D eigenvalue weighted by Crippen LogP contribution is -2.31. The molecule has 1 saturated heterocycles.